The normalized spacial score (nSPS) is 25.3. The van der Waals surface area contributed by atoms with Crippen molar-refractivity contribution in [2.45, 2.75) is 31.5 Å². The number of sulfonamides is 1. The first kappa shape index (κ1) is 12.5. The fraction of sp³-hybridized carbons (Fsp3) is 0.700. The molecule has 0 aliphatic carbocycles. The van der Waals surface area contributed by atoms with Crippen molar-refractivity contribution < 1.29 is 8.42 Å². The number of aromatic nitrogens is 2. The lowest BCUT2D eigenvalue weighted by Crippen LogP contribution is -2.39. The van der Waals surface area contributed by atoms with Crippen LogP contribution >= 0.6 is 0 Å². The first-order valence-corrected chi connectivity index (χ1v) is 7.26. The van der Waals surface area contributed by atoms with Gasteiger partial charge in [0.2, 0.25) is 0 Å². The van der Waals surface area contributed by atoms with E-state index in [9.17, 15) is 8.42 Å². The van der Waals surface area contributed by atoms with Crippen LogP contribution in [0.25, 0.3) is 0 Å². The van der Waals surface area contributed by atoms with Crippen LogP contribution in [0.3, 0.4) is 0 Å². The molecule has 0 bridgehead atoms. The van der Waals surface area contributed by atoms with Gasteiger partial charge in [0, 0.05) is 25.3 Å². The van der Waals surface area contributed by atoms with E-state index < -0.39 is 10.0 Å². The fourth-order valence-corrected chi connectivity index (χ4v) is 3.17. The Labute approximate surface area is 101 Å². The third-order valence-electron chi connectivity index (χ3n) is 3.07. The van der Waals surface area contributed by atoms with Crippen LogP contribution in [-0.2, 0) is 16.6 Å². The molecule has 1 saturated heterocycles. The standard InChI is InChI=1S/C10H18N4O2S/c1-3-14-6-10(12-7-14)17(15,16)13-9-5-11-4-8(9)2/h6-9,11,13H,3-5H2,1-2H3. The maximum absolute atomic E-state index is 12.0. The molecule has 6 nitrogen and oxygen atoms in total. The highest BCUT2D eigenvalue weighted by Crippen LogP contribution is 2.12. The summed E-state index contributed by atoms with van der Waals surface area (Å²) in [4.78, 5) is 3.92. The highest BCUT2D eigenvalue weighted by Gasteiger charge is 2.29. The van der Waals surface area contributed by atoms with Gasteiger partial charge in [0.25, 0.3) is 10.0 Å². The van der Waals surface area contributed by atoms with Crippen LogP contribution in [0.15, 0.2) is 17.6 Å². The average molecular weight is 258 g/mol. The van der Waals surface area contributed by atoms with E-state index >= 15 is 0 Å². The minimum Gasteiger partial charge on any atom is -0.336 e. The SMILES string of the molecule is CCn1cnc(S(=O)(=O)NC2CNCC2C)c1. The van der Waals surface area contributed by atoms with Crippen molar-refractivity contribution in [3.63, 3.8) is 0 Å². The summed E-state index contributed by atoms with van der Waals surface area (Å²) in [6, 6.07) is -0.0493. The van der Waals surface area contributed by atoms with Crippen molar-refractivity contribution in [2.75, 3.05) is 13.1 Å². The fourth-order valence-electron chi connectivity index (χ4n) is 1.88. The molecule has 1 aliphatic heterocycles. The second-order valence-electron chi connectivity index (χ2n) is 4.41. The third-order valence-corrected chi connectivity index (χ3v) is 4.45. The maximum Gasteiger partial charge on any atom is 0.259 e. The third kappa shape index (κ3) is 2.67. The lowest BCUT2D eigenvalue weighted by molar-refractivity contribution is 0.501. The minimum absolute atomic E-state index is 0.0493. The van der Waals surface area contributed by atoms with Gasteiger partial charge >= 0.3 is 0 Å². The van der Waals surface area contributed by atoms with Crippen molar-refractivity contribution in [1.82, 2.24) is 19.6 Å². The zero-order chi connectivity index (χ0) is 12.5. The number of nitrogens with zero attached hydrogens (tertiary/aromatic N) is 2. The van der Waals surface area contributed by atoms with Crippen LogP contribution in [0.5, 0.6) is 0 Å². The molecule has 1 fully saturated rings. The molecule has 1 aromatic heterocycles. The summed E-state index contributed by atoms with van der Waals surface area (Å²) in [5.41, 5.74) is 0. The highest BCUT2D eigenvalue weighted by atomic mass is 32.2. The van der Waals surface area contributed by atoms with Gasteiger partial charge in [0.1, 0.15) is 0 Å². The van der Waals surface area contributed by atoms with Gasteiger partial charge < -0.3 is 9.88 Å². The van der Waals surface area contributed by atoms with E-state index in [1.807, 2.05) is 13.8 Å². The Bertz CT molecular complexity index is 482. The Morgan fingerprint density at radius 1 is 1.59 bits per heavy atom. The van der Waals surface area contributed by atoms with Crippen LogP contribution < -0.4 is 10.0 Å². The molecule has 1 aliphatic rings. The number of hydrogen-bond donors (Lipinski definition) is 2. The molecule has 2 unspecified atom stereocenters. The summed E-state index contributed by atoms with van der Waals surface area (Å²) in [7, 11) is -3.49. The summed E-state index contributed by atoms with van der Waals surface area (Å²) in [6.07, 6.45) is 3.08. The van der Waals surface area contributed by atoms with Gasteiger partial charge in [0.15, 0.2) is 5.03 Å². The number of aryl methyl sites for hydroxylation is 1. The van der Waals surface area contributed by atoms with Gasteiger partial charge in [-0.3, -0.25) is 0 Å². The van der Waals surface area contributed by atoms with Crippen LogP contribution in [-0.4, -0.2) is 37.1 Å². The van der Waals surface area contributed by atoms with Gasteiger partial charge in [0.05, 0.1) is 6.33 Å². The van der Waals surface area contributed by atoms with Gasteiger partial charge in [-0.25, -0.2) is 18.1 Å². The molecular formula is C10H18N4O2S. The van der Waals surface area contributed by atoms with Gasteiger partial charge in [-0.05, 0) is 19.4 Å². The van der Waals surface area contributed by atoms with Crippen molar-refractivity contribution >= 4 is 10.0 Å². The topological polar surface area (TPSA) is 76.0 Å². The van der Waals surface area contributed by atoms with Crippen LogP contribution in [0.1, 0.15) is 13.8 Å². The van der Waals surface area contributed by atoms with Crippen molar-refractivity contribution in [3.05, 3.63) is 12.5 Å². The van der Waals surface area contributed by atoms with Gasteiger partial charge in [-0.1, -0.05) is 6.92 Å². The number of rotatable bonds is 4. The molecule has 2 rings (SSSR count). The van der Waals surface area contributed by atoms with E-state index in [0.717, 1.165) is 6.54 Å². The lowest BCUT2D eigenvalue weighted by Gasteiger charge is -2.15. The van der Waals surface area contributed by atoms with E-state index in [1.165, 1.54) is 6.33 Å². The highest BCUT2D eigenvalue weighted by molar-refractivity contribution is 7.89. The Hall–Kier alpha value is -0.920. The molecule has 7 heteroatoms. The van der Waals surface area contributed by atoms with Crippen molar-refractivity contribution in [2.24, 2.45) is 5.92 Å². The largest absolute Gasteiger partial charge is 0.336 e. The zero-order valence-corrected chi connectivity index (χ0v) is 10.9. The van der Waals surface area contributed by atoms with Crippen LogP contribution in [0.4, 0.5) is 0 Å². The number of hydrogen-bond acceptors (Lipinski definition) is 4. The summed E-state index contributed by atoms with van der Waals surface area (Å²) in [5, 5.41) is 3.26. The second kappa shape index (κ2) is 4.75. The monoisotopic (exact) mass is 258 g/mol. The Morgan fingerprint density at radius 3 is 2.88 bits per heavy atom. The number of imidazole rings is 1. The molecule has 0 saturated carbocycles. The first-order valence-electron chi connectivity index (χ1n) is 5.77. The van der Waals surface area contributed by atoms with E-state index in [4.69, 9.17) is 0 Å². The molecule has 2 N–H and O–H groups in total. The molecule has 0 aromatic carbocycles. The maximum atomic E-state index is 12.0. The molecule has 0 amide bonds. The predicted octanol–water partition coefficient (Wildman–Crippen LogP) is -0.211. The minimum atomic E-state index is -3.49. The Kier molecular flexibility index (Phi) is 3.50. The quantitative estimate of drug-likeness (QED) is 0.783. The molecule has 2 heterocycles. The average Bonchev–Trinajstić information content (AvgIpc) is 2.88. The van der Waals surface area contributed by atoms with E-state index in [-0.39, 0.29) is 11.1 Å². The van der Waals surface area contributed by atoms with Crippen molar-refractivity contribution in [1.29, 1.82) is 0 Å². The van der Waals surface area contributed by atoms with Gasteiger partial charge in [-0.15, -0.1) is 0 Å². The molecule has 96 valence electrons. The van der Waals surface area contributed by atoms with E-state index in [2.05, 4.69) is 15.0 Å². The molecule has 0 spiro atoms. The van der Waals surface area contributed by atoms with Crippen LogP contribution in [0, 0.1) is 5.92 Å². The molecular weight excluding hydrogens is 240 g/mol. The predicted molar refractivity (Wildman–Crippen MR) is 64.0 cm³/mol. The van der Waals surface area contributed by atoms with Crippen molar-refractivity contribution in [3.8, 4) is 0 Å². The second-order valence-corrected chi connectivity index (χ2v) is 6.07. The summed E-state index contributed by atoms with van der Waals surface area (Å²) in [5.74, 6) is 0.304. The van der Waals surface area contributed by atoms with E-state index in [0.29, 0.717) is 19.0 Å². The Morgan fingerprint density at radius 2 is 2.35 bits per heavy atom. The number of nitrogens with one attached hydrogen (secondary N) is 2. The first-order chi connectivity index (χ1) is 8.03. The molecule has 0 radical (unpaired) electrons. The summed E-state index contributed by atoms with van der Waals surface area (Å²) >= 11 is 0. The molecule has 2 atom stereocenters. The molecule has 17 heavy (non-hydrogen) atoms. The van der Waals surface area contributed by atoms with E-state index in [1.54, 1.807) is 10.8 Å². The Balaban J connectivity index is 2.13. The zero-order valence-electron chi connectivity index (χ0n) is 10.0. The van der Waals surface area contributed by atoms with Gasteiger partial charge in [-0.2, -0.15) is 0 Å². The smallest absolute Gasteiger partial charge is 0.259 e. The molecule has 1 aromatic rings. The lowest BCUT2D eigenvalue weighted by atomic mass is 10.1. The van der Waals surface area contributed by atoms with Crippen LogP contribution in [0.2, 0.25) is 0 Å². The summed E-state index contributed by atoms with van der Waals surface area (Å²) in [6.45, 7) is 6.20. The summed E-state index contributed by atoms with van der Waals surface area (Å²) < 4.78 is 28.5.